The Morgan fingerprint density at radius 1 is 1.10 bits per heavy atom. The van der Waals surface area contributed by atoms with Gasteiger partial charge in [0, 0.05) is 20.6 Å². The van der Waals surface area contributed by atoms with Gasteiger partial charge in [0.1, 0.15) is 17.6 Å². The average Bonchev–Trinajstić information content (AvgIpc) is 3.24. The number of Topliss-reactive ketones (excluding diaryl/α,β-unsaturated/α-hetero) is 1. The molecule has 152 valence electrons. The quantitative estimate of drug-likeness (QED) is 0.285. The maximum atomic E-state index is 13.9. The summed E-state index contributed by atoms with van der Waals surface area (Å²) in [5, 5.41) is 13.0. The Bertz CT molecular complexity index is 1220. The lowest BCUT2D eigenvalue weighted by Crippen LogP contribution is -2.29. The second-order valence-corrected chi connectivity index (χ2v) is 8.88. The third-order valence-electron chi connectivity index (χ3n) is 5.11. The van der Waals surface area contributed by atoms with Crippen molar-refractivity contribution in [3.05, 3.63) is 91.3 Å². The van der Waals surface area contributed by atoms with Crippen LogP contribution in [0.3, 0.4) is 0 Å². The minimum atomic E-state index is -0.837. The van der Waals surface area contributed by atoms with Crippen molar-refractivity contribution in [3.8, 4) is 0 Å². The molecule has 1 aliphatic rings. The Morgan fingerprint density at radius 3 is 2.50 bits per heavy atom. The Morgan fingerprint density at radius 2 is 1.87 bits per heavy atom. The number of aliphatic hydroxyl groups excluding tert-OH is 1. The molecule has 4 rings (SSSR count). The van der Waals surface area contributed by atoms with Gasteiger partial charge in [-0.1, -0.05) is 28.1 Å². The highest BCUT2D eigenvalue weighted by Crippen LogP contribution is 2.45. The molecule has 1 aliphatic heterocycles. The minimum absolute atomic E-state index is 0.00321. The monoisotopic (exact) mass is 485 g/mol. The molecule has 4 nitrogen and oxygen atoms in total. The fourth-order valence-electron chi connectivity index (χ4n) is 3.58. The van der Waals surface area contributed by atoms with Crippen molar-refractivity contribution in [2.45, 2.75) is 19.9 Å². The summed E-state index contributed by atoms with van der Waals surface area (Å²) >= 11 is 4.81. The van der Waals surface area contributed by atoms with E-state index in [-0.39, 0.29) is 17.0 Å². The van der Waals surface area contributed by atoms with E-state index in [0.29, 0.717) is 5.56 Å². The van der Waals surface area contributed by atoms with Crippen molar-refractivity contribution >= 4 is 50.4 Å². The first-order valence-corrected chi connectivity index (χ1v) is 10.8. The van der Waals surface area contributed by atoms with Crippen LogP contribution in [-0.2, 0) is 9.59 Å². The summed E-state index contributed by atoms with van der Waals surface area (Å²) in [6, 6.07) is 11.8. The van der Waals surface area contributed by atoms with Crippen molar-refractivity contribution in [2.75, 3.05) is 4.90 Å². The van der Waals surface area contributed by atoms with E-state index in [2.05, 4.69) is 15.9 Å². The largest absolute Gasteiger partial charge is 0.507 e. The molecule has 1 unspecified atom stereocenters. The van der Waals surface area contributed by atoms with Gasteiger partial charge in [0.25, 0.3) is 11.7 Å². The fraction of sp³-hybridized carbons (Fsp3) is 0.130. The zero-order valence-corrected chi connectivity index (χ0v) is 18.6. The van der Waals surface area contributed by atoms with E-state index >= 15 is 0 Å². The van der Waals surface area contributed by atoms with Crippen LogP contribution in [0.5, 0.6) is 0 Å². The summed E-state index contributed by atoms with van der Waals surface area (Å²) in [6.07, 6.45) is 0. The highest BCUT2D eigenvalue weighted by atomic mass is 79.9. The van der Waals surface area contributed by atoms with Crippen molar-refractivity contribution in [1.82, 2.24) is 0 Å². The lowest BCUT2D eigenvalue weighted by Gasteiger charge is -2.25. The van der Waals surface area contributed by atoms with Gasteiger partial charge in [-0.05, 0) is 66.8 Å². The third-order valence-corrected chi connectivity index (χ3v) is 7.07. The van der Waals surface area contributed by atoms with Crippen LogP contribution in [0.1, 0.15) is 27.6 Å². The number of hydrogen-bond donors (Lipinski definition) is 1. The number of anilines is 1. The molecule has 0 bridgehead atoms. The summed E-state index contributed by atoms with van der Waals surface area (Å²) in [5.74, 6) is -2.36. The predicted octanol–water partition coefficient (Wildman–Crippen LogP) is 5.89. The number of rotatable bonds is 3. The second kappa shape index (κ2) is 7.81. The number of aryl methyl sites for hydroxylation is 2. The number of aliphatic hydroxyl groups is 1. The number of amides is 1. The summed E-state index contributed by atoms with van der Waals surface area (Å²) < 4.78 is 14.8. The van der Waals surface area contributed by atoms with E-state index in [1.54, 1.807) is 24.3 Å². The van der Waals surface area contributed by atoms with E-state index < -0.39 is 23.5 Å². The summed E-state index contributed by atoms with van der Waals surface area (Å²) in [7, 11) is 0. The maximum absolute atomic E-state index is 13.9. The molecule has 0 radical (unpaired) electrons. The van der Waals surface area contributed by atoms with Crippen molar-refractivity contribution < 1.29 is 19.1 Å². The summed E-state index contributed by atoms with van der Waals surface area (Å²) in [4.78, 5) is 28.1. The number of nitrogens with zero attached hydrogens (tertiary/aromatic N) is 1. The normalized spacial score (nSPS) is 18.3. The van der Waals surface area contributed by atoms with Crippen LogP contribution in [0.25, 0.3) is 5.76 Å². The van der Waals surface area contributed by atoms with Gasteiger partial charge in [0.15, 0.2) is 0 Å². The summed E-state index contributed by atoms with van der Waals surface area (Å²) in [6.45, 7) is 3.74. The first-order valence-electron chi connectivity index (χ1n) is 9.16. The van der Waals surface area contributed by atoms with E-state index in [0.717, 1.165) is 20.5 Å². The van der Waals surface area contributed by atoms with Crippen molar-refractivity contribution in [2.24, 2.45) is 0 Å². The van der Waals surface area contributed by atoms with Crippen LogP contribution in [0, 0.1) is 19.7 Å². The molecule has 2 heterocycles. The van der Waals surface area contributed by atoms with Gasteiger partial charge >= 0.3 is 0 Å². The maximum Gasteiger partial charge on any atom is 0.300 e. The first-order chi connectivity index (χ1) is 14.3. The Labute approximate surface area is 185 Å². The molecule has 0 spiro atoms. The SMILES string of the molecule is Cc1cc(/C(O)=C2/C(=O)C(=O)N(c3cccc(F)c3)C2c2sccc2C)ccc1Br. The van der Waals surface area contributed by atoms with Gasteiger partial charge in [-0.2, -0.15) is 0 Å². The molecule has 1 saturated heterocycles. The van der Waals surface area contributed by atoms with Crippen LogP contribution >= 0.6 is 27.3 Å². The second-order valence-electron chi connectivity index (χ2n) is 7.08. The standard InChI is InChI=1S/C23H17BrFNO3S/c1-12-8-9-30-22(12)19-18(20(27)14-6-7-17(24)13(2)10-14)21(28)23(29)26(19)16-5-3-4-15(25)11-16/h3-11,19,27H,1-2H3/b20-18-. The van der Waals surface area contributed by atoms with E-state index in [9.17, 15) is 19.1 Å². The Kier molecular flexibility index (Phi) is 5.34. The van der Waals surface area contributed by atoms with Crippen LogP contribution < -0.4 is 4.90 Å². The van der Waals surface area contributed by atoms with Crippen molar-refractivity contribution in [3.63, 3.8) is 0 Å². The van der Waals surface area contributed by atoms with Gasteiger partial charge in [0.05, 0.1) is 5.57 Å². The molecule has 0 aliphatic carbocycles. The van der Waals surface area contributed by atoms with Gasteiger partial charge in [0.2, 0.25) is 0 Å². The minimum Gasteiger partial charge on any atom is -0.507 e. The number of carbonyl (C=O) groups excluding carboxylic acids is 2. The number of benzene rings is 2. The molecule has 1 fully saturated rings. The topological polar surface area (TPSA) is 57.6 Å². The molecular weight excluding hydrogens is 469 g/mol. The lowest BCUT2D eigenvalue weighted by atomic mass is 9.97. The van der Waals surface area contributed by atoms with Gasteiger partial charge < -0.3 is 5.11 Å². The Balaban J connectivity index is 1.97. The number of carbonyl (C=O) groups is 2. The highest BCUT2D eigenvalue weighted by Gasteiger charge is 2.48. The number of ketones is 1. The first kappa shape index (κ1) is 20.5. The number of halogens is 2. The number of hydrogen-bond acceptors (Lipinski definition) is 4. The van der Waals surface area contributed by atoms with Gasteiger partial charge in [-0.3, -0.25) is 14.5 Å². The van der Waals surface area contributed by atoms with Gasteiger partial charge in [-0.15, -0.1) is 11.3 Å². The molecule has 0 saturated carbocycles. The fourth-order valence-corrected chi connectivity index (χ4v) is 4.86. The predicted molar refractivity (Wildman–Crippen MR) is 119 cm³/mol. The molecule has 3 aromatic rings. The Hall–Kier alpha value is -2.77. The van der Waals surface area contributed by atoms with Crippen LogP contribution in [0.2, 0.25) is 0 Å². The zero-order chi connectivity index (χ0) is 21.6. The number of thiophene rings is 1. The molecule has 7 heteroatoms. The van der Waals surface area contributed by atoms with Crippen LogP contribution in [-0.4, -0.2) is 16.8 Å². The van der Waals surface area contributed by atoms with Crippen LogP contribution in [0.15, 0.2) is 64.0 Å². The average molecular weight is 486 g/mol. The van der Waals surface area contributed by atoms with E-state index in [1.165, 1.54) is 34.4 Å². The van der Waals surface area contributed by atoms with Crippen LogP contribution in [0.4, 0.5) is 10.1 Å². The van der Waals surface area contributed by atoms with Crippen molar-refractivity contribution in [1.29, 1.82) is 0 Å². The molecule has 1 N–H and O–H groups in total. The molecule has 2 aromatic carbocycles. The highest BCUT2D eigenvalue weighted by molar-refractivity contribution is 9.10. The van der Waals surface area contributed by atoms with E-state index in [1.807, 2.05) is 25.3 Å². The van der Waals surface area contributed by atoms with E-state index in [4.69, 9.17) is 0 Å². The molecule has 30 heavy (non-hydrogen) atoms. The molecule has 1 amide bonds. The lowest BCUT2D eigenvalue weighted by molar-refractivity contribution is -0.132. The smallest absolute Gasteiger partial charge is 0.300 e. The molecular formula is C23H17BrFNO3S. The third kappa shape index (κ3) is 3.38. The molecule has 1 aromatic heterocycles. The van der Waals surface area contributed by atoms with Gasteiger partial charge in [-0.25, -0.2) is 4.39 Å². The molecule has 1 atom stereocenters. The summed E-state index contributed by atoms with van der Waals surface area (Å²) in [5.41, 5.74) is 2.46. The zero-order valence-electron chi connectivity index (χ0n) is 16.1.